The van der Waals surface area contributed by atoms with Gasteiger partial charge in [-0.25, -0.2) is 14.2 Å². The quantitative estimate of drug-likeness (QED) is 0.321. The van der Waals surface area contributed by atoms with Crippen LogP contribution in [0, 0.1) is 10.1 Å². The van der Waals surface area contributed by atoms with Gasteiger partial charge in [0.25, 0.3) is 11.2 Å². The first-order valence-electron chi connectivity index (χ1n) is 10.3. The van der Waals surface area contributed by atoms with Crippen molar-refractivity contribution in [2.24, 2.45) is 0 Å². The van der Waals surface area contributed by atoms with E-state index < -0.39 is 4.92 Å². The Labute approximate surface area is 194 Å². The molecule has 0 amide bonds. The molecule has 0 radical (unpaired) electrons. The lowest BCUT2D eigenvalue weighted by atomic mass is 10.1. The number of nitrogens with zero attached hydrogens (tertiary/aromatic N) is 4. The summed E-state index contributed by atoms with van der Waals surface area (Å²) in [6.45, 7) is 0.829. The Bertz CT molecular complexity index is 1380. The van der Waals surface area contributed by atoms with E-state index in [-0.39, 0.29) is 28.2 Å². The number of para-hydroxylation sites is 1. The van der Waals surface area contributed by atoms with E-state index in [1.165, 1.54) is 12.1 Å². The van der Waals surface area contributed by atoms with Gasteiger partial charge in [-0.05, 0) is 31.4 Å². The van der Waals surface area contributed by atoms with Crippen molar-refractivity contribution in [1.29, 1.82) is 0 Å². The molecule has 0 atom stereocenters. The molecule has 0 aliphatic carbocycles. The molecule has 1 aliphatic rings. The van der Waals surface area contributed by atoms with Gasteiger partial charge in [-0.15, -0.1) is 0 Å². The maximum atomic E-state index is 13.5. The Morgan fingerprint density at radius 3 is 2.62 bits per heavy atom. The Balaban J connectivity index is 0.00000245. The first-order valence-corrected chi connectivity index (χ1v) is 10.3. The molecule has 3 heterocycles. The molecule has 5 rings (SSSR count). The summed E-state index contributed by atoms with van der Waals surface area (Å²) in [7, 11) is 0. The maximum Gasteiger partial charge on any atom is 0.283 e. The van der Waals surface area contributed by atoms with Gasteiger partial charge in [0.2, 0.25) is 0 Å². The second kappa shape index (κ2) is 8.96. The second-order valence-electron chi connectivity index (χ2n) is 7.65. The van der Waals surface area contributed by atoms with Crippen molar-refractivity contribution in [2.45, 2.75) is 25.7 Å². The number of aromatic nitrogens is 3. The molecule has 2 aromatic carbocycles. The third-order valence-electron chi connectivity index (χ3n) is 5.63. The normalized spacial score (nSPS) is 15.6. The number of rotatable bonds is 3. The number of benzene rings is 2. The van der Waals surface area contributed by atoms with Crippen molar-refractivity contribution in [3.63, 3.8) is 0 Å². The van der Waals surface area contributed by atoms with E-state index in [4.69, 9.17) is 4.98 Å². The van der Waals surface area contributed by atoms with E-state index in [1.807, 2.05) is 30.3 Å². The van der Waals surface area contributed by atoms with Crippen LogP contribution in [-0.4, -0.2) is 25.6 Å². The fourth-order valence-electron chi connectivity index (χ4n) is 4.13. The van der Waals surface area contributed by atoms with Crippen LogP contribution in [0.15, 0.2) is 65.6 Å². The minimum Gasteiger partial charge on any atom is -1.00 e. The van der Waals surface area contributed by atoms with Gasteiger partial charge in [0.1, 0.15) is 5.22 Å². The third kappa shape index (κ3) is 3.80. The summed E-state index contributed by atoms with van der Waals surface area (Å²) in [4.78, 5) is 29.0. The average molecular weight is 495 g/mol. The summed E-state index contributed by atoms with van der Waals surface area (Å²) in [6.07, 6.45) is 5.77. The first kappa shape index (κ1) is 21.8. The molecule has 1 N–H and O–H groups in total. The molecule has 0 unspecified atom stereocenters. The molecule has 8 nitrogen and oxygen atoms in total. The van der Waals surface area contributed by atoms with Crippen molar-refractivity contribution in [3.05, 3.63) is 86.5 Å². The molecule has 164 valence electrons. The minimum atomic E-state index is -0.421. The topological polar surface area (TPSA) is 94.5 Å². The lowest BCUT2D eigenvalue weighted by molar-refractivity contribution is -0.384. The predicted molar refractivity (Wildman–Crippen MR) is 118 cm³/mol. The second-order valence-corrected chi connectivity index (χ2v) is 7.65. The highest BCUT2D eigenvalue weighted by Crippen LogP contribution is 2.23. The highest BCUT2D eigenvalue weighted by molar-refractivity contribution is 5.67. The van der Waals surface area contributed by atoms with Crippen LogP contribution >= 0.6 is 0 Å². The fraction of sp³-hybridized carbons (Fsp3) is 0.217. The van der Waals surface area contributed by atoms with Crippen molar-refractivity contribution in [1.82, 2.24) is 19.5 Å². The summed E-state index contributed by atoms with van der Waals surface area (Å²) < 4.78 is 3.36. The van der Waals surface area contributed by atoms with Crippen molar-refractivity contribution in [2.75, 3.05) is 6.54 Å². The molecule has 0 saturated carbocycles. The van der Waals surface area contributed by atoms with Crippen LogP contribution in [0.4, 0.5) is 5.69 Å². The van der Waals surface area contributed by atoms with Crippen molar-refractivity contribution < 1.29 is 21.9 Å². The van der Waals surface area contributed by atoms with Crippen LogP contribution in [0.25, 0.3) is 28.3 Å². The summed E-state index contributed by atoms with van der Waals surface area (Å²) in [6, 6.07) is 15.8. The van der Waals surface area contributed by atoms with E-state index in [2.05, 4.69) is 5.32 Å². The largest absolute Gasteiger partial charge is 1.00 e. The maximum absolute atomic E-state index is 13.5. The smallest absolute Gasteiger partial charge is 0.283 e. The van der Waals surface area contributed by atoms with Gasteiger partial charge in [0.15, 0.2) is 5.65 Å². The van der Waals surface area contributed by atoms with Gasteiger partial charge in [-0.2, -0.15) is 0 Å². The number of halogens is 1. The molecule has 0 spiro atoms. The average Bonchev–Trinajstić information content (AvgIpc) is 3.18. The SMILES string of the molecule is O=c1/c(=C2/CCCCCN2)c2nc(-c3cccc([N+](=O)[O-])c3)cn2n1-c1ccccc1.[Br-]. The standard InChI is InChI=1S/C23H21N5O3.BrH/c29-23-21(19-12-5-2-6-13-24-19)22-25-20(16-8-7-11-18(14-16)28(30)31)15-26(22)27(23)17-9-3-1-4-10-17;/h1,3-4,7-11,14-15,24H,2,5-6,12-13H2;1H/p-1/b21-19-;. The molecular weight excluding hydrogens is 474 g/mol. The summed E-state index contributed by atoms with van der Waals surface area (Å²) in [5, 5.41) is 15.2. The highest BCUT2D eigenvalue weighted by atomic mass is 79.9. The van der Waals surface area contributed by atoms with Crippen LogP contribution < -0.4 is 33.1 Å². The highest BCUT2D eigenvalue weighted by Gasteiger charge is 2.20. The number of nitrogens with one attached hydrogen (secondary N) is 1. The van der Waals surface area contributed by atoms with Gasteiger partial charge in [0.05, 0.1) is 22.5 Å². The van der Waals surface area contributed by atoms with E-state index in [0.717, 1.165) is 43.6 Å². The van der Waals surface area contributed by atoms with Crippen molar-refractivity contribution in [3.8, 4) is 16.9 Å². The Morgan fingerprint density at radius 1 is 1.03 bits per heavy atom. The van der Waals surface area contributed by atoms with Crippen LogP contribution in [0.3, 0.4) is 0 Å². The minimum absolute atomic E-state index is 0. The number of hydrogen-bond donors (Lipinski definition) is 1. The van der Waals surface area contributed by atoms with Crippen LogP contribution in [0.1, 0.15) is 25.7 Å². The number of nitro benzene ring substituents is 1. The Morgan fingerprint density at radius 2 is 1.84 bits per heavy atom. The Kier molecular flexibility index (Phi) is 6.09. The number of non-ortho nitro benzene ring substituents is 1. The zero-order chi connectivity index (χ0) is 21.4. The van der Waals surface area contributed by atoms with Crippen LogP contribution in [0.2, 0.25) is 0 Å². The van der Waals surface area contributed by atoms with Gasteiger partial charge >= 0.3 is 0 Å². The molecule has 2 aromatic heterocycles. The summed E-state index contributed by atoms with van der Waals surface area (Å²) in [5.41, 5.74) is 3.31. The lowest BCUT2D eigenvalue weighted by Crippen LogP contribution is -3.00. The number of nitro groups is 1. The first-order chi connectivity index (χ1) is 15.1. The van der Waals surface area contributed by atoms with E-state index in [0.29, 0.717) is 22.1 Å². The molecule has 1 fully saturated rings. The lowest BCUT2D eigenvalue weighted by Gasteiger charge is -2.04. The van der Waals surface area contributed by atoms with Crippen LogP contribution in [0.5, 0.6) is 0 Å². The monoisotopic (exact) mass is 494 g/mol. The van der Waals surface area contributed by atoms with Crippen molar-refractivity contribution >= 4 is 17.0 Å². The van der Waals surface area contributed by atoms with E-state index in [1.54, 1.807) is 27.5 Å². The molecule has 0 bridgehead atoms. The summed E-state index contributed by atoms with van der Waals surface area (Å²) >= 11 is 0. The van der Waals surface area contributed by atoms with E-state index >= 15 is 0 Å². The zero-order valence-electron chi connectivity index (χ0n) is 17.2. The van der Waals surface area contributed by atoms with Gasteiger partial charge in [0, 0.05) is 29.9 Å². The molecular formula is C23H21BrN5O3-. The van der Waals surface area contributed by atoms with Crippen LogP contribution in [-0.2, 0) is 0 Å². The number of fused-ring (bicyclic) bond motifs is 1. The fourth-order valence-corrected chi connectivity index (χ4v) is 4.13. The number of hydrogen-bond acceptors (Lipinski definition) is 5. The Hall–Kier alpha value is -3.46. The van der Waals surface area contributed by atoms with Gasteiger partial charge < -0.3 is 22.3 Å². The molecule has 9 heteroatoms. The molecule has 4 aromatic rings. The van der Waals surface area contributed by atoms with Gasteiger partial charge in [-0.1, -0.05) is 36.8 Å². The molecule has 32 heavy (non-hydrogen) atoms. The third-order valence-corrected chi connectivity index (χ3v) is 5.63. The van der Waals surface area contributed by atoms with E-state index in [9.17, 15) is 14.9 Å². The predicted octanol–water partition coefficient (Wildman–Crippen LogP) is 0.0551. The summed E-state index contributed by atoms with van der Waals surface area (Å²) in [5.74, 6) is 0. The molecule has 1 saturated heterocycles. The number of imidazole rings is 1. The van der Waals surface area contributed by atoms with Gasteiger partial charge in [-0.3, -0.25) is 14.9 Å². The molecule has 1 aliphatic heterocycles. The zero-order valence-corrected chi connectivity index (χ0v) is 18.8.